The van der Waals surface area contributed by atoms with E-state index in [2.05, 4.69) is 5.32 Å². The van der Waals surface area contributed by atoms with Crippen LogP contribution >= 0.6 is 0 Å². The topological polar surface area (TPSA) is 52.7 Å². The van der Waals surface area contributed by atoms with Gasteiger partial charge in [-0.3, -0.25) is 9.59 Å². The van der Waals surface area contributed by atoms with Gasteiger partial charge in [0.15, 0.2) is 0 Å². The van der Waals surface area contributed by atoms with Gasteiger partial charge in [-0.2, -0.15) is 0 Å². The van der Waals surface area contributed by atoms with E-state index in [0.717, 1.165) is 19.4 Å². The van der Waals surface area contributed by atoms with Gasteiger partial charge in [-0.1, -0.05) is 0 Å². The van der Waals surface area contributed by atoms with Gasteiger partial charge in [0.25, 0.3) is 0 Å². The Morgan fingerprint density at radius 3 is 2.35 bits per heavy atom. The summed E-state index contributed by atoms with van der Waals surface area (Å²) in [4.78, 5) is 27.0. The highest BCUT2D eigenvalue weighted by Crippen LogP contribution is 2.19. The van der Waals surface area contributed by atoms with Crippen molar-refractivity contribution in [3.8, 4) is 0 Å². The first kappa shape index (κ1) is 14.0. The molecule has 1 aliphatic rings. The van der Waals surface area contributed by atoms with Crippen LogP contribution in [-0.2, 0) is 9.59 Å². The molecule has 0 bridgehead atoms. The molecular weight excluding hydrogens is 218 g/mol. The summed E-state index contributed by atoms with van der Waals surface area (Å²) in [5.74, 6) is 0.473. The lowest BCUT2D eigenvalue weighted by Gasteiger charge is -2.32. The zero-order valence-corrected chi connectivity index (χ0v) is 11.0. The standard InChI is InChI=1S/C12H23N3O2/c1-13-7-4-11(16)15-8-5-10(6-9-15)12(17)14(2)3/h10,13H,4-9H2,1-3H3. The van der Waals surface area contributed by atoms with Gasteiger partial charge in [0.1, 0.15) is 0 Å². The molecule has 1 heterocycles. The zero-order chi connectivity index (χ0) is 12.8. The molecule has 0 saturated carbocycles. The van der Waals surface area contributed by atoms with Crippen LogP contribution in [0.15, 0.2) is 0 Å². The molecule has 1 N–H and O–H groups in total. The average molecular weight is 241 g/mol. The van der Waals surface area contributed by atoms with E-state index in [9.17, 15) is 9.59 Å². The Balaban J connectivity index is 2.35. The summed E-state index contributed by atoms with van der Waals surface area (Å²) in [5, 5.41) is 2.97. The van der Waals surface area contributed by atoms with Crippen molar-refractivity contribution in [1.82, 2.24) is 15.1 Å². The lowest BCUT2D eigenvalue weighted by molar-refractivity contribution is -0.139. The smallest absolute Gasteiger partial charge is 0.225 e. The molecule has 0 unspecified atom stereocenters. The van der Waals surface area contributed by atoms with Crippen LogP contribution in [0.3, 0.4) is 0 Å². The maximum absolute atomic E-state index is 11.8. The predicted octanol–water partition coefficient (Wildman–Crippen LogP) is -0.0773. The summed E-state index contributed by atoms with van der Waals surface area (Å²) in [7, 11) is 5.41. The second-order valence-corrected chi connectivity index (χ2v) is 4.74. The first-order valence-electron chi connectivity index (χ1n) is 6.19. The fraction of sp³-hybridized carbons (Fsp3) is 0.833. The number of nitrogens with zero attached hydrogens (tertiary/aromatic N) is 2. The third-order valence-corrected chi connectivity index (χ3v) is 3.23. The maximum Gasteiger partial charge on any atom is 0.225 e. The minimum Gasteiger partial charge on any atom is -0.349 e. The maximum atomic E-state index is 11.8. The van der Waals surface area contributed by atoms with Crippen LogP contribution in [0.25, 0.3) is 0 Å². The Hall–Kier alpha value is -1.10. The predicted molar refractivity (Wildman–Crippen MR) is 66.5 cm³/mol. The number of amides is 2. The Bertz CT molecular complexity index is 271. The fourth-order valence-electron chi connectivity index (χ4n) is 2.13. The summed E-state index contributed by atoms with van der Waals surface area (Å²) < 4.78 is 0. The molecule has 5 nitrogen and oxygen atoms in total. The molecule has 5 heteroatoms. The van der Waals surface area contributed by atoms with Crippen LogP contribution in [0.2, 0.25) is 0 Å². The zero-order valence-electron chi connectivity index (χ0n) is 11.0. The first-order valence-corrected chi connectivity index (χ1v) is 6.19. The van der Waals surface area contributed by atoms with Crippen LogP contribution < -0.4 is 5.32 Å². The van der Waals surface area contributed by atoms with Crippen molar-refractivity contribution < 1.29 is 9.59 Å². The molecule has 2 amide bonds. The Kier molecular flexibility index (Phi) is 5.41. The van der Waals surface area contributed by atoms with Crippen molar-refractivity contribution in [2.45, 2.75) is 19.3 Å². The molecule has 1 saturated heterocycles. The minimum atomic E-state index is 0.0957. The van der Waals surface area contributed by atoms with Crippen LogP contribution in [-0.4, -0.2) is 62.4 Å². The third-order valence-electron chi connectivity index (χ3n) is 3.23. The van der Waals surface area contributed by atoms with E-state index in [0.29, 0.717) is 19.5 Å². The monoisotopic (exact) mass is 241 g/mol. The van der Waals surface area contributed by atoms with Gasteiger partial charge < -0.3 is 15.1 Å². The highest BCUT2D eigenvalue weighted by atomic mass is 16.2. The van der Waals surface area contributed by atoms with E-state index in [1.165, 1.54) is 0 Å². The Labute approximate surface area is 103 Å². The number of likely N-dealkylation sites (tertiary alicyclic amines) is 1. The molecular formula is C12H23N3O2. The molecule has 0 aromatic heterocycles. The van der Waals surface area contributed by atoms with Crippen molar-refractivity contribution in [1.29, 1.82) is 0 Å². The van der Waals surface area contributed by atoms with E-state index in [-0.39, 0.29) is 17.7 Å². The normalized spacial score (nSPS) is 17.0. The number of nitrogens with one attached hydrogen (secondary N) is 1. The first-order chi connectivity index (χ1) is 8.06. The van der Waals surface area contributed by atoms with Crippen LogP contribution in [0, 0.1) is 5.92 Å². The van der Waals surface area contributed by atoms with Gasteiger partial charge in [0.05, 0.1) is 0 Å². The van der Waals surface area contributed by atoms with Crippen LogP contribution in [0.5, 0.6) is 0 Å². The molecule has 0 aromatic rings. The van der Waals surface area contributed by atoms with E-state index < -0.39 is 0 Å². The Morgan fingerprint density at radius 2 is 1.88 bits per heavy atom. The van der Waals surface area contributed by atoms with Crippen molar-refractivity contribution in [2.75, 3.05) is 40.8 Å². The third kappa shape index (κ3) is 4.00. The van der Waals surface area contributed by atoms with Gasteiger partial charge in [-0.05, 0) is 19.9 Å². The van der Waals surface area contributed by atoms with Gasteiger partial charge in [-0.15, -0.1) is 0 Å². The molecule has 17 heavy (non-hydrogen) atoms. The molecule has 0 spiro atoms. The van der Waals surface area contributed by atoms with Crippen molar-refractivity contribution in [2.24, 2.45) is 5.92 Å². The number of piperidine rings is 1. The van der Waals surface area contributed by atoms with E-state index in [1.807, 2.05) is 11.9 Å². The molecule has 0 radical (unpaired) electrons. The second kappa shape index (κ2) is 6.59. The van der Waals surface area contributed by atoms with Crippen molar-refractivity contribution in [3.63, 3.8) is 0 Å². The summed E-state index contributed by atoms with van der Waals surface area (Å²) in [5.41, 5.74) is 0. The van der Waals surface area contributed by atoms with Crippen molar-refractivity contribution >= 4 is 11.8 Å². The van der Waals surface area contributed by atoms with E-state index in [4.69, 9.17) is 0 Å². The van der Waals surface area contributed by atoms with Crippen LogP contribution in [0.4, 0.5) is 0 Å². The number of carbonyl (C=O) groups excluding carboxylic acids is 2. The van der Waals surface area contributed by atoms with Crippen LogP contribution in [0.1, 0.15) is 19.3 Å². The summed E-state index contributed by atoms with van der Waals surface area (Å²) >= 11 is 0. The summed E-state index contributed by atoms with van der Waals surface area (Å²) in [6.07, 6.45) is 2.13. The summed E-state index contributed by atoms with van der Waals surface area (Å²) in [6.45, 7) is 2.15. The number of carbonyl (C=O) groups is 2. The highest BCUT2D eigenvalue weighted by Gasteiger charge is 2.27. The number of rotatable bonds is 4. The molecule has 1 rings (SSSR count). The molecule has 98 valence electrons. The second-order valence-electron chi connectivity index (χ2n) is 4.74. The molecule has 0 aromatic carbocycles. The molecule has 0 atom stereocenters. The number of hydrogen-bond donors (Lipinski definition) is 1. The fourth-order valence-corrected chi connectivity index (χ4v) is 2.13. The van der Waals surface area contributed by atoms with E-state index >= 15 is 0 Å². The minimum absolute atomic E-state index is 0.0957. The molecule has 1 aliphatic heterocycles. The largest absolute Gasteiger partial charge is 0.349 e. The summed E-state index contributed by atoms with van der Waals surface area (Å²) in [6, 6.07) is 0. The number of hydrogen-bond acceptors (Lipinski definition) is 3. The molecule has 1 fully saturated rings. The lowest BCUT2D eigenvalue weighted by atomic mass is 9.95. The Morgan fingerprint density at radius 1 is 1.29 bits per heavy atom. The SMILES string of the molecule is CNCCC(=O)N1CCC(C(=O)N(C)C)CC1. The van der Waals surface area contributed by atoms with Gasteiger partial charge >= 0.3 is 0 Å². The van der Waals surface area contributed by atoms with E-state index in [1.54, 1.807) is 19.0 Å². The average Bonchev–Trinajstić information content (AvgIpc) is 2.35. The quantitative estimate of drug-likeness (QED) is 0.749. The molecule has 0 aliphatic carbocycles. The van der Waals surface area contributed by atoms with Gasteiger partial charge in [0, 0.05) is 46.1 Å². The van der Waals surface area contributed by atoms with Gasteiger partial charge in [0.2, 0.25) is 11.8 Å². The highest BCUT2D eigenvalue weighted by molar-refractivity contribution is 5.79. The van der Waals surface area contributed by atoms with Gasteiger partial charge in [-0.25, -0.2) is 0 Å². The van der Waals surface area contributed by atoms with Crippen molar-refractivity contribution in [3.05, 3.63) is 0 Å². The lowest BCUT2D eigenvalue weighted by Crippen LogP contribution is -2.43.